The van der Waals surface area contributed by atoms with E-state index in [2.05, 4.69) is 76.2 Å². The summed E-state index contributed by atoms with van der Waals surface area (Å²) in [6.45, 7) is 8.87. The summed E-state index contributed by atoms with van der Waals surface area (Å²) in [4.78, 5) is 2.41. The molecule has 0 aliphatic carbocycles. The highest BCUT2D eigenvalue weighted by molar-refractivity contribution is 8.26. The third-order valence-corrected chi connectivity index (χ3v) is 5.27. The maximum atomic E-state index is 11.8. The van der Waals surface area contributed by atoms with Gasteiger partial charge in [-0.25, -0.2) is 4.21 Å². The average molecular weight is 440 g/mol. The number of nitrogens with zero attached hydrogens (tertiary/aromatic N) is 1. The molecular formula is C22H27Cl2NO2S. The minimum absolute atomic E-state index is 0.226. The summed E-state index contributed by atoms with van der Waals surface area (Å²) < 4.78 is 9.09. The van der Waals surface area contributed by atoms with Gasteiger partial charge in [-0.15, -0.1) is 6.58 Å². The molecule has 6 heteroatoms. The molecule has 0 amide bonds. The molecule has 0 radical (unpaired) electrons. The Kier molecular flexibility index (Phi) is 9.19. The van der Waals surface area contributed by atoms with Gasteiger partial charge in [-0.05, 0) is 49.9 Å². The molecule has 0 saturated carbocycles. The lowest BCUT2D eigenvalue weighted by molar-refractivity contribution is -0.0127. The van der Waals surface area contributed by atoms with Gasteiger partial charge >= 0.3 is 0 Å². The van der Waals surface area contributed by atoms with Crippen molar-refractivity contribution in [1.29, 1.82) is 0 Å². The van der Waals surface area contributed by atoms with Crippen LogP contribution in [0.4, 0.5) is 0 Å². The van der Waals surface area contributed by atoms with Crippen molar-refractivity contribution < 1.29 is 9.32 Å². The van der Waals surface area contributed by atoms with Crippen molar-refractivity contribution in [1.82, 2.24) is 4.90 Å². The van der Waals surface area contributed by atoms with Gasteiger partial charge < -0.3 is 5.11 Å². The van der Waals surface area contributed by atoms with Crippen LogP contribution in [0.15, 0.2) is 67.3 Å². The van der Waals surface area contributed by atoms with Crippen LogP contribution in [0.1, 0.15) is 29.5 Å². The van der Waals surface area contributed by atoms with Crippen LogP contribution in [-0.2, 0) is 14.8 Å². The summed E-state index contributed by atoms with van der Waals surface area (Å²) in [6.07, 6.45) is 3.95. The van der Waals surface area contributed by atoms with Crippen molar-refractivity contribution in [3.8, 4) is 0 Å². The molecule has 3 rings (SSSR count). The van der Waals surface area contributed by atoms with Crippen LogP contribution in [0, 0.1) is 12.8 Å². The normalized spacial score (nSPS) is 17.5. The van der Waals surface area contributed by atoms with E-state index in [0.29, 0.717) is 0 Å². The van der Waals surface area contributed by atoms with Gasteiger partial charge in [0, 0.05) is 27.9 Å². The van der Waals surface area contributed by atoms with Crippen LogP contribution < -0.4 is 0 Å². The second-order valence-electron chi connectivity index (χ2n) is 7.05. The number of aryl methyl sites for hydroxylation is 1. The fourth-order valence-corrected chi connectivity index (χ4v) is 3.85. The number of rotatable bonds is 5. The fraction of sp³-hybridized carbons (Fsp3) is 0.364. The van der Waals surface area contributed by atoms with Gasteiger partial charge in [0.1, 0.15) is 5.60 Å². The third-order valence-electron chi connectivity index (χ3n) is 5.27. The second kappa shape index (κ2) is 11.1. The lowest BCUT2D eigenvalue weighted by Crippen LogP contribution is -2.44. The highest BCUT2D eigenvalue weighted by atomic mass is 36.0. The quantitative estimate of drug-likeness (QED) is 0.515. The van der Waals surface area contributed by atoms with Gasteiger partial charge in [-0.2, -0.15) is 0 Å². The van der Waals surface area contributed by atoms with Crippen molar-refractivity contribution >= 4 is 30.6 Å². The highest BCUT2D eigenvalue weighted by Crippen LogP contribution is 2.41. The van der Waals surface area contributed by atoms with Crippen molar-refractivity contribution in [2.24, 2.45) is 5.92 Å². The summed E-state index contributed by atoms with van der Waals surface area (Å²) in [6, 6.07) is 18.5. The molecule has 0 spiro atoms. The Balaban J connectivity index is 0.000000640. The van der Waals surface area contributed by atoms with E-state index >= 15 is 0 Å². The zero-order valence-electron chi connectivity index (χ0n) is 16.1. The SMILES string of the molecule is C=CCN1CCC(C(O)(c2ccccc2)c2ccc(C)cc2)CC1.O=S(Cl)Cl. The van der Waals surface area contributed by atoms with Gasteiger partial charge in [-0.3, -0.25) is 4.90 Å². The molecule has 3 nitrogen and oxygen atoms in total. The van der Waals surface area contributed by atoms with Crippen LogP contribution in [0.2, 0.25) is 0 Å². The molecule has 1 N–H and O–H groups in total. The highest BCUT2D eigenvalue weighted by Gasteiger charge is 2.41. The third kappa shape index (κ3) is 6.16. The molecule has 0 bridgehead atoms. The molecule has 28 heavy (non-hydrogen) atoms. The number of piperidine rings is 1. The van der Waals surface area contributed by atoms with Gasteiger partial charge in [0.15, 0.2) is 0 Å². The summed E-state index contributed by atoms with van der Waals surface area (Å²) in [5.41, 5.74) is 2.29. The predicted molar refractivity (Wildman–Crippen MR) is 120 cm³/mol. The zero-order valence-corrected chi connectivity index (χ0v) is 18.4. The second-order valence-corrected chi connectivity index (χ2v) is 9.57. The Hall–Kier alpha value is -1.17. The van der Waals surface area contributed by atoms with Crippen molar-refractivity contribution in [3.05, 3.63) is 83.9 Å². The Bertz CT molecular complexity index is 758. The fourth-order valence-electron chi connectivity index (χ4n) is 3.85. The Morgan fingerprint density at radius 1 is 1.11 bits per heavy atom. The molecule has 1 unspecified atom stereocenters. The Labute approximate surface area is 179 Å². The van der Waals surface area contributed by atoms with E-state index in [1.807, 2.05) is 24.3 Å². The molecule has 1 heterocycles. The molecule has 152 valence electrons. The monoisotopic (exact) mass is 439 g/mol. The van der Waals surface area contributed by atoms with E-state index < -0.39 is 14.8 Å². The van der Waals surface area contributed by atoms with Crippen LogP contribution in [-0.4, -0.2) is 33.8 Å². The van der Waals surface area contributed by atoms with Crippen LogP contribution in [0.3, 0.4) is 0 Å². The van der Waals surface area contributed by atoms with Gasteiger partial charge in [-0.1, -0.05) is 66.2 Å². The number of likely N-dealkylation sites (tertiary alicyclic amines) is 1. The van der Waals surface area contributed by atoms with E-state index in [1.54, 1.807) is 0 Å². The molecule has 1 aliphatic heterocycles. The lowest BCUT2D eigenvalue weighted by atomic mass is 9.72. The molecule has 1 fully saturated rings. The largest absolute Gasteiger partial charge is 0.380 e. The van der Waals surface area contributed by atoms with Crippen molar-refractivity contribution in [2.75, 3.05) is 19.6 Å². The van der Waals surface area contributed by atoms with E-state index in [9.17, 15) is 5.11 Å². The van der Waals surface area contributed by atoms with Gasteiger partial charge in [0.05, 0.1) is 0 Å². The smallest absolute Gasteiger partial charge is 0.211 e. The average Bonchev–Trinajstić information content (AvgIpc) is 2.69. The summed E-state index contributed by atoms with van der Waals surface area (Å²) in [5.74, 6) is 0.226. The van der Waals surface area contributed by atoms with Crippen LogP contribution >= 0.6 is 21.4 Å². The summed E-state index contributed by atoms with van der Waals surface area (Å²) in [5, 5.41) is 11.8. The first-order valence-corrected chi connectivity index (χ1v) is 12.1. The maximum absolute atomic E-state index is 11.8. The van der Waals surface area contributed by atoms with E-state index in [4.69, 9.17) is 4.21 Å². The van der Waals surface area contributed by atoms with E-state index in [-0.39, 0.29) is 5.92 Å². The summed E-state index contributed by atoms with van der Waals surface area (Å²) in [7, 11) is 7.36. The minimum Gasteiger partial charge on any atom is -0.380 e. The number of halogens is 2. The molecule has 0 aromatic heterocycles. The number of aliphatic hydroxyl groups is 1. The number of hydrogen-bond donors (Lipinski definition) is 1. The zero-order chi connectivity index (χ0) is 20.6. The van der Waals surface area contributed by atoms with Crippen molar-refractivity contribution in [3.63, 3.8) is 0 Å². The van der Waals surface area contributed by atoms with E-state index in [0.717, 1.165) is 43.6 Å². The Morgan fingerprint density at radius 2 is 1.61 bits per heavy atom. The number of benzene rings is 2. The topological polar surface area (TPSA) is 40.5 Å². The maximum Gasteiger partial charge on any atom is 0.211 e. The van der Waals surface area contributed by atoms with Crippen LogP contribution in [0.5, 0.6) is 0 Å². The van der Waals surface area contributed by atoms with E-state index in [1.165, 1.54) is 5.56 Å². The Morgan fingerprint density at radius 3 is 2.11 bits per heavy atom. The first kappa shape index (κ1) is 23.1. The molecule has 1 aliphatic rings. The molecule has 2 aromatic carbocycles. The predicted octanol–water partition coefficient (Wildman–Crippen LogP) is 5.17. The van der Waals surface area contributed by atoms with Gasteiger partial charge in [0.2, 0.25) is 9.23 Å². The molecular weight excluding hydrogens is 413 g/mol. The van der Waals surface area contributed by atoms with Crippen molar-refractivity contribution in [2.45, 2.75) is 25.4 Å². The first-order valence-electron chi connectivity index (χ1n) is 9.30. The van der Waals surface area contributed by atoms with Gasteiger partial charge in [0.25, 0.3) is 0 Å². The molecule has 1 saturated heterocycles. The molecule has 2 aromatic rings. The first-order chi connectivity index (χ1) is 13.4. The molecule has 1 atom stereocenters. The number of hydrogen-bond acceptors (Lipinski definition) is 3. The lowest BCUT2D eigenvalue weighted by Gasteiger charge is -2.42. The standard InChI is InChI=1S/C22H27NO.Cl2OS/c1-3-15-23-16-13-21(14-17-23)22(24,19-7-5-4-6-8-19)20-11-9-18(2)10-12-20;1-4(2)3/h3-12,21,24H,1,13-17H2,2H3;. The van der Waals surface area contributed by atoms with Crippen LogP contribution in [0.25, 0.3) is 0 Å². The minimum atomic E-state index is -1.67. The summed E-state index contributed by atoms with van der Waals surface area (Å²) >= 11 is 0.